The van der Waals surface area contributed by atoms with Crippen molar-refractivity contribution in [3.05, 3.63) is 188 Å². The van der Waals surface area contributed by atoms with Crippen LogP contribution in [-0.2, 0) is 0 Å². The third-order valence-electron chi connectivity index (χ3n) is 11.3. The molecule has 5 aromatic heterocycles. The van der Waals surface area contributed by atoms with Crippen molar-refractivity contribution in [2.75, 3.05) is 0 Å². The smallest absolute Gasteiger partial charge is 0.135 e. The molecule has 0 aliphatic heterocycles. The molecule has 0 aliphatic carbocycles. The number of hydrogen-bond acceptors (Lipinski definition) is 4. The monoisotopic (exact) mass is 745 g/mol. The summed E-state index contributed by atoms with van der Waals surface area (Å²) in [5.41, 5.74) is 14.1. The molecule has 0 saturated carbocycles. The molecule has 266 valence electrons. The Labute approximate surface area is 331 Å². The molecule has 7 aromatic carbocycles. The Balaban J connectivity index is 0.983. The first-order valence-corrected chi connectivity index (χ1v) is 19.9. The van der Waals surface area contributed by atoms with Crippen LogP contribution < -0.4 is 0 Å². The van der Waals surface area contributed by atoms with Crippen molar-refractivity contribution >= 4 is 75.3 Å². The fourth-order valence-electron chi connectivity index (χ4n) is 8.55. The minimum atomic E-state index is 0.915. The second-order valence-electron chi connectivity index (χ2n) is 14.6. The molecule has 12 rings (SSSR count). The molecule has 0 unspecified atom stereocenters. The number of aromatic nitrogens is 3. The molecule has 5 heterocycles. The van der Waals surface area contributed by atoms with Crippen molar-refractivity contribution in [1.82, 2.24) is 14.5 Å². The third kappa shape index (κ3) is 5.21. The van der Waals surface area contributed by atoms with Crippen LogP contribution in [0.5, 0.6) is 0 Å². The molecule has 0 N–H and O–H groups in total. The average molecular weight is 746 g/mol. The lowest BCUT2D eigenvalue weighted by Gasteiger charge is -2.11. The highest BCUT2D eigenvalue weighted by Crippen LogP contribution is 2.41. The summed E-state index contributed by atoms with van der Waals surface area (Å²) in [6.07, 6.45) is 3.71. The molecule has 4 nitrogen and oxygen atoms in total. The van der Waals surface area contributed by atoms with Gasteiger partial charge in [-0.25, -0.2) is 0 Å². The van der Waals surface area contributed by atoms with Crippen molar-refractivity contribution in [2.45, 2.75) is 0 Å². The normalized spacial score (nSPS) is 11.9. The zero-order valence-electron chi connectivity index (χ0n) is 30.6. The van der Waals surface area contributed by atoms with Crippen LogP contribution in [-0.4, -0.2) is 14.5 Å². The first-order chi connectivity index (χ1) is 28.2. The topological polar surface area (TPSA) is 43.9 Å². The predicted octanol–water partition coefficient (Wildman–Crippen LogP) is 14.5. The minimum Gasteiger partial charge on any atom is -0.456 e. The second kappa shape index (κ2) is 12.6. The summed E-state index contributed by atoms with van der Waals surface area (Å²) >= 11 is 1.85. The Morgan fingerprint density at radius 2 is 0.895 bits per heavy atom. The fourth-order valence-corrected chi connectivity index (χ4v) is 9.62. The zero-order valence-corrected chi connectivity index (χ0v) is 31.4. The number of fused-ring (bicyclic) bond motifs is 9. The van der Waals surface area contributed by atoms with Crippen molar-refractivity contribution in [3.8, 4) is 50.5 Å². The second-order valence-corrected chi connectivity index (χ2v) is 15.7. The van der Waals surface area contributed by atoms with Crippen LogP contribution in [0.4, 0.5) is 0 Å². The van der Waals surface area contributed by atoms with E-state index < -0.39 is 0 Å². The summed E-state index contributed by atoms with van der Waals surface area (Å²) in [7, 11) is 0. The number of pyridine rings is 2. The van der Waals surface area contributed by atoms with E-state index in [1.54, 1.807) is 0 Å². The number of thiophene rings is 1. The van der Waals surface area contributed by atoms with E-state index >= 15 is 0 Å². The Morgan fingerprint density at radius 3 is 1.53 bits per heavy atom. The van der Waals surface area contributed by atoms with Gasteiger partial charge >= 0.3 is 0 Å². The van der Waals surface area contributed by atoms with Crippen molar-refractivity contribution < 1.29 is 4.42 Å². The van der Waals surface area contributed by atoms with Crippen LogP contribution >= 0.6 is 11.3 Å². The van der Waals surface area contributed by atoms with Gasteiger partial charge in [-0.15, -0.1) is 11.3 Å². The lowest BCUT2D eigenvalue weighted by molar-refractivity contribution is 0.669. The minimum absolute atomic E-state index is 0.915. The molecule has 0 bridgehead atoms. The number of rotatable bonds is 5. The van der Waals surface area contributed by atoms with Gasteiger partial charge in [-0.1, -0.05) is 72.8 Å². The summed E-state index contributed by atoms with van der Waals surface area (Å²) in [5, 5.41) is 7.20. The van der Waals surface area contributed by atoms with Crippen LogP contribution in [0.1, 0.15) is 0 Å². The largest absolute Gasteiger partial charge is 0.456 e. The lowest BCUT2D eigenvalue weighted by atomic mass is 9.99. The molecule has 0 radical (unpaired) electrons. The number of benzene rings is 7. The Hall–Kier alpha value is -7.34. The summed E-state index contributed by atoms with van der Waals surface area (Å²) < 4.78 is 11.1. The summed E-state index contributed by atoms with van der Waals surface area (Å²) in [5.74, 6) is 0. The molecule has 57 heavy (non-hydrogen) atoms. The van der Waals surface area contributed by atoms with Crippen LogP contribution in [0.15, 0.2) is 193 Å². The van der Waals surface area contributed by atoms with Crippen LogP contribution in [0.2, 0.25) is 0 Å². The Bertz CT molecular complexity index is 3430. The number of furan rings is 1. The van der Waals surface area contributed by atoms with Gasteiger partial charge in [0.15, 0.2) is 0 Å². The fraction of sp³-hybridized carbons (Fsp3) is 0. The van der Waals surface area contributed by atoms with Gasteiger partial charge in [0, 0.05) is 70.9 Å². The molecule has 0 saturated heterocycles. The molecule has 12 aromatic rings. The van der Waals surface area contributed by atoms with Crippen molar-refractivity contribution in [3.63, 3.8) is 0 Å². The molecule has 0 atom stereocenters. The maximum atomic E-state index is 6.13. The molecule has 5 heteroatoms. The van der Waals surface area contributed by atoms with E-state index in [0.717, 1.165) is 61.2 Å². The van der Waals surface area contributed by atoms with Gasteiger partial charge in [0.25, 0.3) is 0 Å². The highest BCUT2D eigenvalue weighted by molar-refractivity contribution is 7.25. The highest BCUT2D eigenvalue weighted by atomic mass is 32.1. The van der Waals surface area contributed by atoms with Crippen LogP contribution in [0, 0.1) is 0 Å². The van der Waals surface area contributed by atoms with Crippen molar-refractivity contribution in [1.29, 1.82) is 0 Å². The van der Waals surface area contributed by atoms with Gasteiger partial charge in [0.05, 0.1) is 22.4 Å². The first-order valence-electron chi connectivity index (χ1n) is 19.1. The van der Waals surface area contributed by atoms with Gasteiger partial charge in [-0.2, -0.15) is 0 Å². The van der Waals surface area contributed by atoms with Gasteiger partial charge in [-0.3, -0.25) is 9.97 Å². The van der Waals surface area contributed by atoms with E-state index in [1.807, 2.05) is 60.1 Å². The molecule has 0 aliphatic rings. The van der Waals surface area contributed by atoms with Crippen molar-refractivity contribution in [2.24, 2.45) is 0 Å². The van der Waals surface area contributed by atoms with Crippen LogP contribution in [0.25, 0.3) is 114 Å². The average Bonchev–Trinajstić information content (AvgIpc) is 3.95. The van der Waals surface area contributed by atoms with E-state index in [1.165, 1.54) is 53.2 Å². The lowest BCUT2D eigenvalue weighted by Crippen LogP contribution is -1.94. The molecule has 0 spiro atoms. The maximum absolute atomic E-state index is 6.13. The van der Waals surface area contributed by atoms with Gasteiger partial charge in [0.1, 0.15) is 11.2 Å². The number of hydrogen-bond donors (Lipinski definition) is 0. The highest BCUT2D eigenvalue weighted by Gasteiger charge is 2.17. The van der Waals surface area contributed by atoms with Gasteiger partial charge < -0.3 is 8.98 Å². The summed E-state index contributed by atoms with van der Waals surface area (Å²) in [4.78, 5) is 9.33. The number of para-hydroxylation sites is 1. The number of nitrogens with zero attached hydrogens (tertiary/aromatic N) is 3. The molecular weight excluding hydrogens is 715 g/mol. The summed E-state index contributed by atoms with van der Waals surface area (Å²) in [6.45, 7) is 0. The molecule has 0 fully saturated rings. The standard InChI is InChI=1S/C52H31N3OS/c1-2-13-49-39(10-1)42-27-33(16-21-50(42)56-49)35-18-23-52-44(29-35)43-28-34(17-22-51(43)57-52)32-8-7-9-38(26-32)55-47-19-14-36(45-11-3-5-24-53-45)30-40(47)41-31-37(15-20-48(41)55)46-12-4-6-25-54-46/h1-31H. The Kier molecular flexibility index (Phi) is 7.06. The third-order valence-corrected chi connectivity index (χ3v) is 12.5. The van der Waals surface area contributed by atoms with E-state index in [9.17, 15) is 0 Å². The summed E-state index contributed by atoms with van der Waals surface area (Å²) in [6, 6.07) is 63.1. The Morgan fingerprint density at radius 1 is 0.368 bits per heavy atom. The van der Waals surface area contributed by atoms with Gasteiger partial charge in [-0.05, 0) is 125 Å². The van der Waals surface area contributed by atoms with Crippen LogP contribution in [0.3, 0.4) is 0 Å². The van der Waals surface area contributed by atoms with E-state index in [2.05, 4.69) is 154 Å². The quantitative estimate of drug-likeness (QED) is 0.176. The zero-order chi connectivity index (χ0) is 37.5. The molecular formula is C52H31N3OS. The predicted molar refractivity (Wildman–Crippen MR) is 238 cm³/mol. The first kappa shape index (κ1) is 32.0. The van der Waals surface area contributed by atoms with E-state index in [0.29, 0.717) is 0 Å². The molecule has 0 amide bonds. The maximum Gasteiger partial charge on any atom is 0.135 e. The van der Waals surface area contributed by atoms with E-state index in [4.69, 9.17) is 4.42 Å². The van der Waals surface area contributed by atoms with E-state index in [-0.39, 0.29) is 0 Å². The van der Waals surface area contributed by atoms with Gasteiger partial charge in [0.2, 0.25) is 0 Å². The SMILES string of the molecule is c1ccc(-c2ccc3c(c2)c2cc(-c4ccccn4)ccc2n3-c2cccc(-c3ccc4sc5ccc(-c6ccc7oc8ccccc8c7c6)cc5c4c3)c2)nc1.